The second-order valence-electron chi connectivity index (χ2n) is 5.86. The first kappa shape index (κ1) is 12.8. The van der Waals surface area contributed by atoms with Crippen molar-refractivity contribution in [1.82, 2.24) is 0 Å². The van der Waals surface area contributed by atoms with E-state index in [0.717, 1.165) is 24.2 Å². The number of fused-ring (bicyclic) bond motifs is 1. The molecule has 0 amide bonds. The molecule has 1 aliphatic heterocycles. The van der Waals surface area contributed by atoms with Crippen LogP contribution in [0.25, 0.3) is 0 Å². The quantitative estimate of drug-likeness (QED) is 0.782. The Morgan fingerprint density at radius 1 is 1.21 bits per heavy atom. The van der Waals surface area contributed by atoms with Crippen LogP contribution in [-0.4, -0.2) is 6.54 Å². The van der Waals surface area contributed by atoms with Gasteiger partial charge in [0.15, 0.2) is 0 Å². The van der Waals surface area contributed by atoms with Crippen LogP contribution < -0.4 is 5.32 Å². The molecule has 0 radical (unpaired) electrons. The van der Waals surface area contributed by atoms with Gasteiger partial charge in [0.25, 0.3) is 0 Å². The maximum Gasteiger partial charge on any atom is 0.416 e. The van der Waals surface area contributed by atoms with Crippen molar-refractivity contribution in [1.29, 1.82) is 0 Å². The summed E-state index contributed by atoms with van der Waals surface area (Å²) in [6.07, 6.45) is -0.696. The Balaban J connectivity index is 1.94. The maximum absolute atomic E-state index is 12.8. The lowest BCUT2D eigenvalue weighted by molar-refractivity contribution is -0.137. The van der Waals surface area contributed by atoms with Crippen LogP contribution in [-0.2, 0) is 6.18 Å². The summed E-state index contributed by atoms with van der Waals surface area (Å²) in [6.45, 7) is 3.01. The van der Waals surface area contributed by atoms with Crippen LogP contribution in [0.4, 0.5) is 18.9 Å². The lowest BCUT2D eigenvalue weighted by Gasteiger charge is -2.23. The van der Waals surface area contributed by atoms with E-state index in [1.165, 1.54) is 25.0 Å². The average Bonchev–Trinajstić information content (AvgIpc) is 2.92. The predicted molar refractivity (Wildman–Crippen MR) is 69.2 cm³/mol. The Morgan fingerprint density at radius 2 is 2.00 bits per heavy atom. The number of hydrogen-bond acceptors (Lipinski definition) is 1. The molecule has 1 saturated carbocycles. The monoisotopic (exact) mass is 269 g/mol. The number of halogens is 3. The molecule has 0 spiro atoms. The van der Waals surface area contributed by atoms with Gasteiger partial charge in [-0.05, 0) is 42.0 Å². The third-order valence-corrected chi connectivity index (χ3v) is 4.74. The van der Waals surface area contributed by atoms with E-state index in [4.69, 9.17) is 0 Å². The van der Waals surface area contributed by atoms with E-state index in [0.29, 0.717) is 11.8 Å². The van der Waals surface area contributed by atoms with Crippen LogP contribution in [0, 0.1) is 11.8 Å². The Hall–Kier alpha value is -1.19. The zero-order valence-electron chi connectivity index (χ0n) is 10.9. The Labute approximate surface area is 111 Å². The highest BCUT2D eigenvalue weighted by Gasteiger charge is 2.38. The third kappa shape index (κ3) is 2.21. The number of alkyl halides is 3. The van der Waals surface area contributed by atoms with Gasteiger partial charge in [-0.15, -0.1) is 0 Å². The molecular weight excluding hydrogens is 251 g/mol. The second-order valence-corrected chi connectivity index (χ2v) is 5.86. The van der Waals surface area contributed by atoms with Crippen LogP contribution in [0.2, 0.25) is 0 Å². The van der Waals surface area contributed by atoms with Crippen molar-refractivity contribution in [2.24, 2.45) is 11.8 Å². The number of anilines is 1. The first-order valence-electron chi connectivity index (χ1n) is 6.92. The number of hydrogen-bond donors (Lipinski definition) is 1. The van der Waals surface area contributed by atoms with Crippen molar-refractivity contribution in [2.75, 3.05) is 11.9 Å². The molecule has 1 fully saturated rings. The fraction of sp³-hybridized carbons (Fsp3) is 0.600. The summed E-state index contributed by atoms with van der Waals surface area (Å²) in [7, 11) is 0. The molecule has 19 heavy (non-hydrogen) atoms. The molecular formula is C15H18F3N. The van der Waals surface area contributed by atoms with Crippen LogP contribution in [0.15, 0.2) is 18.2 Å². The van der Waals surface area contributed by atoms with E-state index in [2.05, 4.69) is 12.2 Å². The van der Waals surface area contributed by atoms with Crippen molar-refractivity contribution < 1.29 is 13.2 Å². The van der Waals surface area contributed by atoms with Gasteiger partial charge < -0.3 is 5.32 Å². The van der Waals surface area contributed by atoms with Crippen molar-refractivity contribution in [2.45, 2.75) is 38.3 Å². The van der Waals surface area contributed by atoms with Gasteiger partial charge in [-0.2, -0.15) is 13.2 Å². The van der Waals surface area contributed by atoms with Gasteiger partial charge in [0.1, 0.15) is 0 Å². The summed E-state index contributed by atoms with van der Waals surface area (Å²) in [5, 5.41) is 3.26. The Kier molecular flexibility index (Phi) is 2.99. The largest absolute Gasteiger partial charge is 0.416 e. The predicted octanol–water partition coefficient (Wildman–Crippen LogP) is 4.65. The smallest absolute Gasteiger partial charge is 0.384 e. The van der Waals surface area contributed by atoms with E-state index >= 15 is 0 Å². The van der Waals surface area contributed by atoms with Crippen LogP contribution in [0.5, 0.6) is 0 Å². The van der Waals surface area contributed by atoms with Gasteiger partial charge >= 0.3 is 6.18 Å². The van der Waals surface area contributed by atoms with Gasteiger partial charge in [-0.1, -0.05) is 19.8 Å². The number of benzene rings is 1. The highest BCUT2D eigenvalue weighted by atomic mass is 19.4. The highest BCUT2D eigenvalue weighted by molar-refractivity contribution is 5.59. The highest BCUT2D eigenvalue weighted by Crippen LogP contribution is 2.47. The summed E-state index contributed by atoms with van der Waals surface area (Å²) in [4.78, 5) is 0. The first-order valence-corrected chi connectivity index (χ1v) is 6.92. The molecule has 1 nitrogen and oxygen atoms in total. The zero-order valence-corrected chi connectivity index (χ0v) is 10.9. The molecule has 104 valence electrons. The third-order valence-electron chi connectivity index (χ3n) is 4.74. The topological polar surface area (TPSA) is 12.0 Å². The minimum atomic E-state index is -4.25. The lowest BCUT2D eigenvalue weighted by Crippen LogP contribution is -2.17. The molecule has 1 aromatic carbocycles. The molecule has 1 N–H and O–H groups in total. The van der Waals surface area contributed by atoms with Crippen molar-refractivity contribution >= 4 is 5.69 Å². The van der Waals surface area contributed by atoms with Gasteiger partial charge in [0.2, 0.25) is 0 Å². The van der Waals surface area contributed by atoms with Crippen molar-refractivity contribution in [3.63, 3.8) is 0 Å². The summed E-state index contributed by atoms with van der Waals surface area (Å²) in [5.41, 5.74) is 1.23. The van der Waals surface area contributed by atoms with Gasteiger partial charge in [0, 0.05) is 18.2 Å². The van der Waals surface area contributed by atoms with Gasteiger partial charge in [-0.25, -0.2) is 0 Å². The Morgan fingerprint density at radius 3 is 2.63 bits per heavy atom. The van der Waals surface area contributed by atoms with Crippen LogP contribution in [0.1, 0.15) is 43.2 Å². The molecule has 1 aliphatic carbocycles. The zero-order chi connectivity index (χ0) is 13.6. The average molecular weight is 269 g/mol. The first-order chi connectivity index (χ1) is 8.97. The van der Waals surface area contributed by atoms with E-state index in [1.807, 2.05) is 0 Å². The van der Waals surface area contributed by atoms with Gasteiger partial charge in [0.05, 0.1) is 5.56 Å². The summed E-state index contributed by atoms with van der Waals surface area (Å²) < 4.78 is 38.5. The van der Waals surface area contributed by atoms with Crippen molar-refractivity contribution in [3.8, 4) is 0 Å². The molecule has 0 bridgehead atoms. The van der Waals surface area contributed by atoms with E-state index < -0.39 is 11.7 Å². The molecule has 3 rings (SSSR count). The number of rotatable bonds is 1. The summed E-state index contributed by atoms with van der Waals surface area (Å²) in [6, 6.07) is 4.11. The Bertz CT molecular complexity index is 481. The molecule has 4 heteroatoms. The molecule has 1 aromatic rings. The standard InChI is InChI=1S/C15H18F3N/c1-9-3-2-4-11(9)13-8-19-14-6-5-10(7-12(13)14)15(16,17)18/h5-7,9,11,13,19H,2-4,8H2,1H3. The van der Waals surface area contributed by atoms with Crippen molar-refractivity contribution in [3.05, 3.63) is 29.3 Å². The van der Waals surface area contributed by atoms with Crippen LogP contribution >= 0.6 is 0 Å². The molecule has 0 aromatic heterocycles. The van der Waals surface area contributed by atoms with E-state index in [9.17, 15) is 13.2 Å². The SMILES string of the molecule is CC1CCCC1C1CNc2ccc(C(F)(F)F)cc21. The van der Waals surface area contributed by atoms with Gasteiger partial charge in [-0.3, -0.25) is 0 Å². The maximum atomic E-state index is 12.8. The van der Waals surface area contributed by atoms with E-state index in [-0.39, 0.29) is 5.92 Å². The lowest BCUT2D eigenvalue weighted by atomic mass is 9.81. The van der Waals surface area contributed by atoms with E-state index in [1.54, 1.807) is 6.07 Å². The molecule has 3 unspecified atom stereocenters. The fourth-order valence-electron chi connectivity index (χ4n) is 3.69. The molecule has 2 aliphatic rings. The number of nitrogens with one attached hydrogen (secondary N) is 1. The summed E-state index contributed by atoms with van der Waals surface area (Å²) in [5.74, 6) is 1.39. The molecule has 1 heterocycles. The normalized spacial score (nSPS) is 30.2. The summed E-state index contributed by atoms with van der Waals surface area (Å²) >= 11 is 0. The second kappa shape index (κ2) is 4.43. The molecule has 3 atom stereocenters. The molecule has 0 saturated heterocycles. The fourth-order valence-corrected chi connectivity index (χ4v) is 3.69. The van der Waals surface area contributed by atoms with Crippen LogP contribution in [0.3, 0.4) is 0 Å². The minimum Gasteiger partial charge on any atom is -0.384 e. The minimum absolute atomic E-state index is 0.245.